The summed E-state index contributed by atoms with van der Waals surface area (Å²) >= 11 is 0. The molecule has 1 aromatic heterocycles. The average Bonchev–Trinajstić information content (AvgIpc) is 3.54. The second-order valence-corrected chi connectivity index (χ2v) is 9.28. The third-order valence-corrected chi connectivity index (χ3v) is 7.13. The Bertz CT molecular complexity index is 1110. The summed E-state index contributed by atoms with van der Waals surface area (Å²) in [6, 6.07) is 18.8. The highest BCUT2D eigenvalue weighted by molar-refractivity contribution is 5.94. The van der Waals surface area contributed by atoms with Gasteiger partial charge in [-0.2, -0.15) is 0 Å². The van der Waals surface area contributed by atoms with E-state index in [0.29, 0.717) is 38.0 Å². The van der Waals surface area contributed by atoms with Gasteiger partial charge in [-0.1, -0.05) is 54.1 Å². The lowest BCUT2D eigenvalue weighted by molar-refractivity contribution is -0.140. The molecule has 1 atom stereocenters. The van der Waals surface area contributed by atoms with Crippen LogP contribution in [0.4, 0.5) is 0 Å². The van der Waals surface area contributed by atoms with Crippen molar-refractivity contribution in [2.75, 3.05) is 13.1 Å². The number of rotatable bonds is 5. The van der Waals surface area contributed by atoms with Gasteiger partial charge in [-0.25, -0.2) is 0 Å². The minimum Gasteiger partial charge on any atom is -0.472 e. The van der Waals surface area contributed by atoms with Gasteiger partial charge in [0.25, 0.3) is 5.91 Å². The van der Waals surface area contributed by atoms with Crippen LogP contribution >= 0.6 is 0 Å². The number of hydrogen-bond acceptors (Lipinski definition) is 3. The van der Waals surface area contributed by atoms with E-state index >= 15 is 0 Å². The molecule has 1 unspecified atom stereocenters. The number of amides is 2. The second-order valence-electron chi connectivity index (χ2n) is 9.28. The number of piperidine rings is 1. The van der Waals surface area contributed by atoms with Crippen molar-refractivity contribution in [1.82, 2.24) is 9.80 Å². The van der Waals surface area contributed by atoms with Gasteiger partial charge in [-0.05, 0) is 55.4 Å². The molecule has 1 aliphatic heterocycles. The largest absolute Gasteiger partial charge is 0.472 e. The Morgan fingerprint density at radius 1 is 1.00 bits per heavy atom. The first-order chi connectivity index (χ1) is 16.1. The van der Waals surface area contributed by atoms with Crippen LogP contribution in [-0.4, -0.2) is 34.7 Å². The van der Waals surface area contributed by atoms with Crippen molar-refractivity contribution >= 4 is 11.8 Å². The summed E-state index contributed by atoms with van der Waals surface area (Å²) in [5, 5.41) is 0. The zero-order valence-corrected chi connectivity index (χ0v) is 19.1. The molecule has 2 aliphatic rings. The molecular formula is C28H30N2O3. The molecule has 0 saturated carbocycles. The van der Waals surface area contributed by atoms with Crippen molar-refractivity contribution in [3.63, 3.8) is 0 Å². The van der Waals surface area contributed by atoms with E-state index in [1.807, 2.05) is 4.90 Å². The smallest absolute Gasteiger partial charge is 0.257 e. The number of carbonyl (C=O) groups is 2. The van der Waals surface area contributed by atoms with Crippen LogP contribution in [0.2, 0.25) is 0 Å². The molecule has 5 heteroatoms. The Hall–Kier alpha value is -3.34. The van der Waals surface area contributed by atoms with Gasteiger partial charge >= 0.3 is 0 Å². The number of hydrogen-bond donors (Lipinski definition) is 0. The highest BCUT2D eigenvalue weighted by Crippen LogP contribution is 2.38. The average molecular weight is 443 g/mol. The maximum absolute atomic E-state index is 13.9. The van der Waals surface area contributed by atoms with Gasteiger partial charge in [0, 0.05) is 25.6 Å². The minimum absolute atomic E-state index is 0.0177. The number of aryl methyl sites for hydroxylation is 2. The molecule has 1 aliphatic carbocycles. The summed E-state index contributed by atoms with van der Waals surface area (Å²) in [5.41, 5.74) is 5.59. The number of benzene rings is 2. The molecule has 0 N–H and O–H groups in total. The molecule has 2 amide bonds. The minimum atomic E-state index is -0.0587. The number of fused-ring (bicyclic) bond motifs is 1. The SMILES string of the molecule is Cc1ccc(CN(C(=O)C2CCN(C(=O)c3ccoc3)CC2)C2CCc3ccccc32)cc1. The third kappa shape index (κ3) is 4.45. The number of furan rings is 1. The van der Waals surface area contributed by atoms with E-state index in [1.165, 1.54) is 29.2 Å². The Balaban J connectivity index is 1.33. The van der Waals surface area contributed by atoms with Crippen molar-refractivity contribution in [3.8, 4) is 0 Å². The highest BCUT2D eigenvalue weighted by atomic mass is 16.3. The van der Waals surface area contributed by atoms with Gasteiger partial charge in [0.15, 0.2) is 0 Å². The fraction of sp³-hybridized carbons (Fsp3) is 0.357. The summed E-state index contributed by atoms with van der Waals surface area (Å²) in [7, 11) is 0. The van der Waals surface area contributed by atoms with Crippen LogP contribution in [0, 0.1) is 12.8 Å². The van der Waals surface area contributed by atoms with Gasteiger partial charge < -0.3 is 14.2 Å². The highest BCUT2D eigenvalue weighted by Gasteiger charge is 2.36. The maximum atomic E-state index is 13.9. The molecule has 5 rings (SSSR count). The van der Waals surface area contributed by atoms with Crippen molar-refractivity contribution in [2.24, 2.45) is 5.92 Å². The Morgan fingerprint density at radius 2 is 1.76 bits per heavy atom. The van der Waals surface area contributed by atoms with Crippen LogP contribution in [-0.2, 0) is 17.8 Å². The first-order valence-corrected chi connectivity index (χ1v) is 11.9. The van der Waals surface area contributed by atoms with Crippen LogP contribution in [0.3, 0.4) is 0 Å². The number of likely N-dealkylation sites (tertiary alicyclic amines) is 1. The maximum Gasteiger partial charge on any atom is 0.257 e. The molecule has 33 heavy (non-hydrogen) atoms. The van der Waals surface area contributed by atoms with Gasteiger partial charge in [0.05, 0.1) is 17.9 Å². The van der Waals surface area contributed by atoms with Gasteiger partial charge in [0.1, 0.15) is 6.26 Å². The molecule has 5 nitrogen and oxygen atoms in total. The normalized spacial score (nSPS) is 18.2. The lowest BCUT2D eigenvalue weighted by Gasteiger charge is -2.37. The van der Waals surface area contributed by atoms with Crippen molar-refractivity contribution in [3.05, 3.63) is 94.9 Å². The second kappa shape index (κ2) is 9.26. The Labute approximate surface area is 195 Å². The van der Waals surface area contributed by atoms with E-state index in [-0.39, 0.29) is 23.8 Å². The summed E-state index contributed by atoms with van der Waals surface area (Å²) in [6.07, 6.45) is 6.37. The fourth-order valence-electron chi connectivity index (χ4n) is 5.22. The number of carbonyl (C=O) groups excluding carboxylic acids is 2. The van der Waals surface area contributed by atoms with E-state index in [4.69, 9.17) is 4.42 Å². The fourth-order valence-corrected chi connectivity index (χ4v) is 5.22. The van der Waals surface area contributed by atoms with Crippen LogP contribution in [0.25, 0.3) is 0 Å². The Kier molecular flexibility index (Phi) is 6.03. The molecule has 1 fully saturated rings. The van der Waals surface area contributed by atoms with Gasteiger partial charge in [-0.3, -0.25) is 9.59 Å². The standard InChI is InChI=1S/C28H30N2O3/c1-20-6-8-21(9-7-20)18-30(26-11-10-22-4-2-3-5-25(22)26)28(32)23-12-15-29(16-13-23)27(31)24-14-17-33-19-24/h2-9,14,17,19,23,26H,10-13,15-16,18H2,1H3. The number of nitrogens with zero attached hydrogens (tertiary/aromatic N) is 2. The van der Waals surface area contributed by atoms with Crippen molar-refractivity contribution in [1.29, 1.82) is 0 Å². The third-order valence-electron chi connectivity index (χ3n) is 7.13. The van der Waals surface area contributed by atoms with Crippen molar-refractivity contribution in [2.45, 2.75) is 45.2 Å². The molecule has 1 saturated heterocycles. The monoisotopic (exact) mass is 442 g/mol. The van der Waals surface area contributed by atoms with Gasteiger partial charge in [-0.15, -0.1) is 0 Å². The zero-order valence-electron chi connectivity index (χ0n) is 19.1. The molecule has 0 radical (unpaired) electrons. The van der Waals surface area contributed by atoms with Gasteiger partial charge in [0.2, 0.25) is 5.91 Å². The first kappa shape index (κ1) is 21.5. The van der Waals surface area contributed by atoms with E-state index < -0.39 is 0 Å². The van der Waals surface area contributed by atoms with Crippen LogP contribution in [0.1, 0.15) is 57.9 Å². The lowest BCUT2D eigenvalue weighted by Crippen LogP contribution is -2.45. The van der Waals surface area contributed by atoms with E-state index in [0.717, 1.165) is 18.4 Å². The predicted molar refractivity (Wildman–Crippen MR) is 127 cm³/mol. The quantitative estimate of drug-likeness (QED) is 0.549. The van der Waals surface area contributed by atoms with E-state index in [1.54, 1.807) is 6.07 Å². The van der Waals surface area contributed by atoms with E-state index in [2.05, 4.69) is 60.4 Å². The predicted octanol–water partition coefficient (Wildman–Crippen LogP) is 5.16. The van der Waals surface area contributed by atoms with Crippen LogP contribution < -0.4 is 0 Å². The molecule has 0 bridgehead atoms. The summed E-state index contributed by atoms with van der Waals surface area (Å²) in [4.78, 5) is 30.5. The zero-order chi connectivity index (χ0) is 22.8. The van der Waals surface area contributed by atoms with Crippen LogP contribution in [0.5, 0.6) is 0 Å². The molecule has 3 aromatic rings. The topological polar surface area (TPSA) is 53.8 Å². The molecule has 2 aromatic carbocycles. The summed E-state index contributed by atoms with van der Waals surface area (Å²) < 4.78 is 5.06. The summed E-state index contributed by atoms with van der Waals surface area (Å²) in [6.45, 7) is 3.89. The Morgan fingerprint density at radius 3 is 2.48 bits per heavy atom. The molecular weight excluding hydrogens is 412 g/mol. The summed E-state index contributed by atoms with van der Waals surface area (Å²) in [5.74, 6) is 0.139. The van der Waals surface area contributed by atoms with Crippen molar-refractivity contribution < 1.29 is 14.0 Å². The first-order valence-electron chi connectivity index (χ1n) is 11.9. The molecule has 2 heterocycles. The molecule has 0 spiro atoms. The van der Waals surface area contributed by atoms with E-state index in [9.17, 15) is 9.59 Å². The lowest BCUT2D eigenvalue weighted by atomic mass is 9.93. The van der Waals surface area contributed by atoms with Crippen LogP contribution in [0.15, 0.2) is 71.5 Å². The molecule has 170 valence electrons.